The number of hydrogen-bond acceptors (Lipinski definition) is 4. The number of carbonyl (C=O) groups excluding carboxylic acids is 1. The number of nitrogens with one attached hydrogen (secondary N) is 1. The van der Waals surface area contributed by atoms with Crippen LogP contribution in [0.15, 0.2) is 24.3 Å². The van der Waals surface area contributed by atoms with Crippen LogP contribution in [0.5, 0.6) is 5.75 Å². The van der Waals surface area contributed by atoms with Crippen LogP contribution >= 0.6 is 0 Å². The van der Waals surface area contributed by atoms with Gasteiger partial charge in [0.2, 0.25) is 5.91 Å². The van der Waals surface area contributed by atoms with E-state index < -0.39 is 0 Å². The number of carbonyl (C=O) groups is 1. The maximum absolute atomic E-state index is 12.8. The Bertz CT molecular complexity index is 606. The molecule has 3 rings (SSSR count). The van der Waals surface area contributed by atoms with E-state index in [4.69, 9.17) is 4.74 Å². The third-order valence-corrected chi connectivity index (χ3v) is 6.24. The van der Waals surface area contributed by atoms with Crippen molar-refractivity contribution in [1.82, 2.24) is 9.80 Å². The van der Waals surface area contributed by atoms with E-state index in [1.165, 1.54) is 58.2 Å². The summed E-state index contributed by atoms with van der Waals surface area (Å²) in [4.78, 5) is 17.8. The van der Waals surface area contributed by atoms with Crippen molar-refractivity contribution in [3.05, 3.63) is 24.3 Å². The van der Waals surface area contributed by atoms with Crippen molar-refractivity contribution < 1.29 is 9.53 Å². The first kappa shape index (κ1) is 21.1. The number of likely N-dealkylation sites (tertiary alicyclic amines) is 2. The SMILES string of the molecule is CCOc1ccccc1NC(=O)C(C)N1CCC(CN2CCCCCC2)CC1. The molecule has 0 aliphatic carbocycles. The van der Waals surface area contributed by atoms with E-state index in [1.807, 2.05) is 38.1 Å². The number of amides is 1. The molecule has 156 valence electrons. The zero-order valence-corrected chi connectivity index (χ0v) is 17.7. The molecule has 2 aliphatic rings. The largest absolute Gasteiger partial charge is 0.492 e. The number of ether oxygens (including phenoxy) is 1. The first-order chi connectivity index (χ1) is 13.7. The lowest BCUT2D eigenvalue weighted by Crippen LogP contribution is -2.47. The van der Waals surface area contributed by atoms with Gasteiger partial charge in [-0.3, -0.25) is 9.69 Å². The fraction of sp³-hybridized carbons (Fsp3) is 0.696. The lowest BCUT2D eigenvalue weighted by Gasteiger charge is -2.37. The third-order valence-electron chi connectivity index (χ3n) is 6.24. The number of para-hydroxylation sites is 2. The highest BCUT2D eigenvalue weighted by Crippen LogP contribution is 2.25. The summed E-state index contributed by atoms with van der Waals surface area (Å²) < 4.78 is 5.63. The topological polar surface area (TPSA) is 44.8 Å². The molecule has 1 aromatic carbocycles. The molecule has 1 atom stereocenters. The third kappa shape index (κ3) is 5.95. The quantitative estimate of drug-likeness (QED) is 0.768. The van der Waals surface area contributed by atoms with Gasteiger partial charge in [0.15, 0.2) is 0 Å². The molecule has 0 bridgehead atoms. The van der Waals surface area contributed by atoms with Crippen LogP contribution in [0, 0.1) is 5.92 Å². The number of hydrogen-bond donors (Lipinski definition) is 1. The highest BCUT2D eigenvalue weighted by atomic mass is 16.5. The molecular weight excluding hydrogens is 350 g/mol. The fourth-order valence-electron chi connectivity index (χ4n) is 4.46. The molecule has 28 heavy (non-hydrogen) atoms. The summed E-state index contributed by atoms with van der Waals surface area (Å²) in [7, 11) is 0. The Morgan fingerprint density at radius 1 is 1.11 bits per heavy atom. The Labute approximate surface area is 170 Å². The Kier molecular flexibility index (Phi) is 8.16. The van der Waals surface area contributed by atoms with E-state index >= 15 is 0 Å². The molecule has 2 heterocycles. The fourth-order valence-corrected chi connectivity index (χ4v) is 4.46. The van der Waals surface area contributed by atoms with Crippen LogP contribution in [0.25, 0.3) is 0 Å². The van der Waals surface area contributed by atoms with Crippen molar-refractivity contribution in [2.24, 2.45) is 5.92 Å². The predicted molar refractivity (Wildman–Crippen MR) is 115 cm³/mol. The van der Waals surface area contributed by atoms with Gasteiger partial charge >= 0.3 is 0 Å². The van der Waals surface area contributed by atoms with E-state index in [1.54, 1.807) is 0 Å². The summed E-state index contributed by atoms with van der Waals surface area (Å²) in [6.45, 7) is 10.4. The van der Waals surface area contributed by atoms with Crippen molar-refractivity contribution in [3.63, 3.8) is 0 Å². The average molecular weight is 388 g/mol. The van der Waals surface area contributed by atoms with Gasteiger partial charge in [-0.1, -0.05) is 25.0 Å². The molecule has 1 aromatic rings. The molecule has 0 aromatic heterocycles. The molecule has 0 radical (unpaired) electrons. The smallest absolute Gasteiger partial charge is 0.241 e. The highest BCUT2D eigenvalue weighted by molar-refractivity contribution is 5.95. The Hall–Kier alpha value is -1.59. The summed E-state index contributed by atoms with van der Waals surface area (Å²) in [5, 5.41) is 3.06. The van der Waals surface area contributed by atoms with Crippen LogP contribution in [0.3, 0.4) is 0 Å². The monoisotopic (exact) mass is 387 g/mol. The van der Waals surface area contributed by atoms with Gasteiger partial charge in [0.05, 0.1) is 18.3 Å². The number of rotatable bonds is 7. The van der Waals surface area contributed by atoms with Crippen LogP contribution in [-0.2, 0) is 4.79 Å². The van der Waals surface area contributed by atoms with E-state index in [9.17, 15) is 4.79 Å². The summed E-state index contributed by atoms with van der Waals surface area (Å²) in [6.07, 6.45) is 7.91. The molecule has 1 amide bonds. The van der Waals surface area contributed by atoms with Crippen LogP contribution in [-0.4, -0.2) is 61.1 Å². The molecular formula is C23H37N3O2. The zero-order chi connectivity index (χ0) is 19.8. The second kappa shape index (κ2) is 10.8. The standard InChI is InChI=1S/C23H37N3O2/c1-3-28-22-11-7-6-10-21(22)24-23(27)19(2)26-16-12-20(13-17-26)18-25-14-8-4-5-9-15-25/h6-7,10-11,19-20H,3-5,8-9,12-18H2,1-2H3,(H,24,27). The molecule has 1 unspecified atom stereocenters. The van der Waals surface area contributed by atoms with Gasteiger partial charge in [0.25, 0.3) is 0 Å². The van der Waals surface area contributed by atoms with Gasteiger partial charge in [0, 0.05) is 6.54 Å². The van der Waals surface area contributed by atoms with Gasteiger partial charge in [-0.25, -0.2) is 0 Å². The summed E-state index contributed by atoms with van der Waals surface area (Å²) in [5.74, 6) is 1.57. The number of piperidine rings is 1. The molecule has 1 N–H and O–H groups in total. The minimum absolute atomic E-state index is 0.0538. The molecule has 2 aliphatic heterocycles. The van der Waals surface area contributed by atoms with Crippen LogP contribution < -0.4 is 10.1 Å². The Morgan fingerprint density at radius 3 is 2.46 bits per heavy atom. The van der Waals surface area contributed by atoms with E-state index in [2.05, 4.69) is 15.1 Å². The number of nitrogens with zero attached hydrogens (tertiary/aromatic N) is 2. The van der Waals surface area contributed by atoms with Gasteiger partial charge in [-0.05, 0) is 83.8 Å². The minimum Gasteiger partial charge on any atom is -0.492 e. The summed E-state index contributed by atoms with van der Waals surface area (Å²) in [6, 6.07) is 7.55. The average Bonchev–Trinajstić information content (AvgIpc) is 2.98. The molecule has 0 saturated carbocycles. The minimum atomic E-state index is -0.117. The lowest BCUT2D eigenvalue weighted by molar-refractivity contribution is -0.121. The second-order valence-electron chi connectivity index (χ2n) is 8.29. The van der Waals surface area contributed by atoms with Crippen molar-refractivity contribution >= 4 is 11.6 Å². The van der Waals surface area contributed by atoms with Crippen molar-refractivity contribution in [1.29, 1.82) is 0 Å². The Morgan fingerprint density at radius 2 is 1.79 bits per heavy atom. The van der Waals surface area contributed by atoms with Crippen molar-refractivity contribution in [3.8, 4) is 5.75 Å². The van der Waals surface area contributed by atoms with Crippen LogP contribution in [0.2, 0.25) is 0 Å². The highest BCUT2D eigenvalue weighted by Gasteiger charge is 2.28. The van der Waals surface area contributed by atoms with E-state index in [0.29, 0.717) is 6.61 Å². The van der Waals surface area contributed by atoms with Gasteiger partial charge < -0.3 is 15.0 Å². The first-order valence-electron chi connectivity index (χ1n) is 11.2. The van der Waals surface area contributed by atoms with E-state index in [0.717, 1.165) is 30.4 Å². The lowest BCUT2D eigenvalue weighted by atomic mass is 9.95. The van der Waals surface area contributed by atoms with Crippen molar-refractivity contribution in [2.45, 2.75) is 58.4 Å². The maximum Gasteiger partial charge on any atom is 0.241 e. The van der Waals surface area contributed by atoms with Gasteiger partial charge in [0.1, 0.15) is 5.75 Å². The Balaban J connectivity index is 1.46. The van der Waals surface area contributed by atoms with Crippen LogP contribution in [0.4, 0.5) is 5.69 Å². The van der Waals surface area contributed by atoms with Gasteiger partial charge in [-0.2, -0.15) is 0 Å². The maximum atomic E-state index is 12.8. The van der Waals surface area contributed by atoms with Crippen molar-refractivity contribution in [2.75, 3.05) is 44.6 Å². The molecule has 5 heteroatoms. The summed E-state index contributed by atoms with van der Waals surface area (Å²) >= 11 is 0. The van der Waals surface area contributed by atoms with Gasteiger partial charge in [-0.15, -0.1) is 0 Å². The molecule has 5 nitrogen and oxygen atoms in total. The molecule has 0 spiro atoms. The molecule has 2 saturated heterocycles. The summed E-state index contributed by atoms with van der Waals surface area (Å²) in [5.41, 5.74) is 0.761. The zero-order valence-electron chi connectivity index (χ0n) is 17.7. The number of benzene rings is 1. The van der Waals surface area contributed by atoms with Crippen LogP contribution in [0.1, 0.15) is 52.4 Å². The first-order valence-corrected chi connectivity index (χ1v) is 11.2. The van der Waals surface area contributed by atoms with E-state index in [-0.39, 0.29) is 11.9 Å². The predicted octanol–water partition coefficient (Wildman–Crippen LogP) is 4.00. The normalized spacial score (nSPS) is 21.1. The second-order valence-corrected chi connectivity index (χ2v) is 8.29. The number of anilines is 1. The molecule has 2 fully saturated rings.